The molecule has 65 valence electrons. The zero-order valence-corrected chi connectivity index (χ0v) is 10.2. The molecule has 1 aliphatic carbocycles. The van der Waals surface area contributed by atoms with Crippen molar-refractivity contribution in [1.82, 2.24) is 0 Å². The summed E-state index contributed by atoms with van der Waals surface area (Å²) in [5.41, 5.74) is 1.12. The van der Waals surface area contributed by atoms with Gasteiger partial charge >= 0.3 is 0 Å². The van der Waals surface area contributed by atoms with E-state index in [9.17, 15) is 0 Å². The van der Waals surface area contributed by atoms with E-state index in [4.69, 9.17) is 4.74 Å². The van der Waals surface area contributed by atoms with Gasteiger partial charge in [0.2, 0.25) is 0 Å². The van der Waals surface area contributed by atoms with Crippen LogP contribution >= 0.6 is 0 Å². The Morgan fingerprint density at radius 2 is 1.86 bits per heavy atom. The summed E-state index contributed by atoms with van der Waals surface area (Å²) in [5, 5.41) is 0. The van der Waals surface area contributed by atoms with E-state index >= 15 is 0 Å². The third-order valence-electron chi connectivity index (χ3n) is 2.65. The summed E-state index contributed by atoms with van der Waals surface area (Å²) in [5.74, 6) is 0. The first kappa shape index (κ1) is 10.2. The van der Waals surface area contributed by atoms with Crippen LogP contribution in [0, 0.1) is 0 Å². The molecule has 3 rings (SSSR count). The molecule has 1 aromatic rings. The second-order valence-electron chi connectivity index (χ2n) is 3.44. The molecule has 0 saturated carbocycles. The maximum atomic E-state index is 5.68. The molecule has 1 fully saturated rings. The fraction of sp³-hybridized carbons (Fsp3) is 0.167. The first-order chi connectivity index (χ1) is 6.42. The summed E-state index contributed by atoms with van der Waals surface area (Å²) in [7, 11) is 0. The Morgan fingerprint density at radius 3 is 2.57 bits per heavy atom. The fourth-order valence-corrected chi connectivity index (χ4v) is 1.88. The average molecular weight is 193 g/mol. The number of hydrogen-bond donors (Lipinski definition) is 0. The topological polar surface area (TPSA) is 12.5 Å². The molecular formula is C12H10NaO. The minimum atomic E-state index is -0.129. The molecule has 1 aromatic carbocycles. The second-order valence-corrected chi connectivity index (χ2v) is 3.44. The Bertz CT molecular complexity index is 383. The van der Waals surface area contributed by atoms with Crippen molar-refractivity contribution < 1.29 is 4.74 Å². The van der Waals surface area contributed by atoms with Crippen molar-refractivity contribution >= 4 is 29.6 Å². The van der Waals surface area contributed by atoms with Crippen LogP contribution in [0.15, 0.2) is 54.6 Å². The molecule has 1 nitrogen and oxygen atoms in total. The number of fused-ring (bicyclic) bond motifs is 1. The van der Waals surface area contributed by atoms with Crippen molar-refractivity contribution in [2.24, 2.45) is 0 Å². The van der Waals surface area contributed by atoms with Crippen LogP contribution in [0.25, 0.3) is 0 Å². The van der Waals surface area contributed by atoms with Gasteiger partial charge < -0.3 is 4.74 Å². The van der Waals surface area contributed by atoms with Gasteiger partial charge in [0.25, 0.3) is 0 Å². The van der Waals surface area contributed by atoms with E-state index in [-0.39, 0.29) is 41.3 Å². The maximum absolute atomic E-state index is 5.68. The zero-order chi connectivity index (χ0) is 8.73. The Kier molecular flexibility index (Phi) is 2.67. The van der Waals surface area contributed by atoms with Gasteiger partial charge in [-0.2, -0.15) is 0 Å². The molecule has 0 bridgehead atoms. The first-order valence-electron chi connectivity index (χ1n) is 4.51. The van der Waals surface area contributed by atoms with E-state index in [0.29, 0.717) is 0 Å². The number of epoxide rings is 1. The molecular weight excluding hydrogens is 183 g/mol. The van der Waals surface area contributed by atoms with Crippen LogP contribution in [0.2, 0.25) is 0 Å². The van der Waals surface area contributed by atoms with Gasteiger partial charge in [-0.05, 0) is 11.6 Å². The summed E-state index contributed by atoms with van der Waals surface area (Å²) in [6.45, 7) is 0. The molecule has 1 heterocycles. The molecule has 1 aliphatic heterocycles. The monoisotopic (exact) mass is 193 g/mol. The van der Waals surface area contributed by atoms with E-state index in [2.05, 4.69) is 42.5 Å². The van der Waals surface area contributed by atoms with E-state index < -0.39 is 0 Å². The minimum absolute atomic E-state index is 0. The Labute approximate surface area is 106 Å². The molecule has 2 heteroatoms. The van der Waals surface area contributed by atoms with E-state index in [1.54, 1.807) is 0 Å². The Balaban J connectivity index is 0.000000750. The predicted molar refractivity (Wildman–Crippen MR) is 57.0 cm³/mol. The predicted octanol–water partition coefficient (Wildman–Crippen LogP) is 2.03. The Morgan fingerprint density at radius 1 is 1.07 bits per heavy atom. The van der Waals surface area contributed by atoms with Crippen LogP contribution in [0.3, 0.4) is 0 Å². The smallest absolute Gasteiger partial charge is 0.142 e. The number of ether oxygens (including phenoxy) is 1. The molecule has 1 radical (unpaired) electrons. The van der Waals surface area contributed by atoms with Gasteiger partial charge in [-0.1, -0.05) is 48.6 Å². The molecule has 14 heavy (non-hydrogen) atoms. The SMILES string of the molecule is C1=CC2OC2(c2ccccc2)C=C1.[Na]. The number of hydrogen-bond acceptors (Lipinski definition) is 1. The van der Waals surface area contributed by atoms with Crippen molar-refractivity contribution in [3.05, 3.63) is 60.2 Å². The van der Waals surface area contributed by atoms with Gasteiger partial charge in [-0.3, -0.25) is 0 Å². The van der Waals surface area contributed by atoms with Gasteiger partial charge in [0.1, 0.15) is 11.7 Å². The van der Waals surface area contributed by atoms with Crippen molar-refractivity contribution in [1.29, 1.82) is 0 Å². The molecule has 2 atom stereocenters. The van der Waals surface area contributed by atoms with Gasteiger partial charge in [-0.25, -0.2) is 0 Å². The van der Waals surface area contributed by atoms with Crippen molar-refractivity contribution in [2.45, 2.75) is 11.7 Å². The third-order valence-corrected chi connectivity index (χ3v) is 2.65. The van der Waals surface area contributed by atoms with Crippen LogP contribution in [0.1, 0.15) is 5.56 Å². The zero-order valence-electron chi connectivity index (χ0n) is 8.18. The molecule has 1 saturated heterocycles. The summed E-state index contributed by atoms with van der Waals surface area (Å²) >= 11 is 0. The van der Waals surface area contributed by atoms with E-state index in [1.807, 2.05) is 12.1 Å². The summed E-state index contributed by atoms with van der Waals surface area (Å²) in [6, 6.07) is 10.4. The quantitative estimate of drug-likeness (QED) is 0.491. The average Bonchev–Trinajstić information content (AvgIpc) is 2.94. The molecule has 0 amide bonds. The van der Waals surface area contributed by atoms with Crippen LogP contribution < -0.4 is 0 Å². The van der Waals surface area contributed by atoms with Crippen LogP contribution in [-0.2, 0) is 10.3 Å². The molecule has 0 spiro atoms. The van der Waals surface area contributed by atoms with E-state index in [1.165, 1.54) is 5.56 Å². The number of allylic oxidation sites excluding steroid dienone is 2. The second kappa shape index (κ2) is 3.67. The van der Waals surface area contributed by atoms with Crippen molar-refractivity contribution in [2.75, 3.05) is 0 Å². The maximum Gasteiger partial charge on any atom is 0.142 e. The normalized spacial score (nSPS) is 31.9. The number of benzene rings is 1. The summed E-state index contributed by atoms with van der Waals surface area (Å²) in [6.07, 6.45) is 8.59. The first-order valence-corrected chi connectivity index (χ1v) is 4.51. The largest absolute Gasteiger partial charge is 0.352 e. The van der Waals surface area contributed by atoms with E-state index in [0.717, 1.165) is 0 Å². The van der Waals surface area contributed by atoms with Crippen molar-refractivity contribution in [3.63, 3.8) is 0 Å². The fourth-order valence-electron chi connectivity index (χ4n) is 1.88. The van der Waals surface area contributed by atoms with Crippen LogP contribution in [0.5, 0.6) is 0 Å². The molecule has 2 aliphatic rings. The molecule has 0 aromatic heterocycles. The molecule has 2 unspecified atom stereocenters. The summed E-state index contributed by atoms with van der Waals surface area (Å²) < 4.78 is 5.68. The minimum Gasteiger partial charge on any atom is -0.352 e. The standard InChI is InChI=1S/C12H10O.Na/c1-2-6-10(7-3-1)12-9-5-4-8-11(12)13-12;/h1-9,11H;. The van der Waals surface area contributed by atoms with Crippen LogP contribution in [0.4, 0.5) is 0 Å². The van der Waals surface area contributed by atoms with Gasteiger partial charge in [0.15, 0.2) is 0 Å². The Hall–Kier alpha value is -0.340. The summed E-state index contributed by atoms with van der Waals surface area (Å²) in [4.78, 5) is 0. The van der Waals surface area contributed by atoms with Gasteiger partial charge in [-0.15, -0.1) is 0 Å². The van der Waals surface area contributed by atoms with Gasteiger partial charge in [0.05, 0.1) is 0 Å². The third kappa shape index (κ3) is 1.41. The van der Waals surface area contributed by atoms with Crippen molar-refractivity contribution in [3.8, 4) is 0 Å². The molecule has 0 N–H and O–H groups in total. The van der Waals surface area contributed by atoms with Gasteiger partial charge in [0, 0.05) is 29.6 Å². The number of rotatable bonds is 1. The van der Waals surface area contributed by atoms with Crippen LogP contribution in [-0.4, -0.2) is 35.7 Å².